The van der Waals surface area contributed by atoms with E-state index >= 15 is 0 Å². The van der Waals surface area contributed by atoms with E-state index in [4.69, 9.17) is 21.4 Å². The van der Waals surface area contributed by atoms with E-state index in [1.54, 1.807) is 6.92 Å². The number of halogens is 2. The van der Waals surface area contributed by atoms with Crippen molar-refractivity contribution in [3.63, 3.8) is 0 Å². The number of hydrogen-bond donors (Lipinski definition) is 2. The molecule has 1 saturated heterocycles. The van der Waals surface area contributed by atoms with Crippen LogP contribution in [0.3, 0.4) is 0 Å². The minimum Gasteiger partial charge on any atom is -0.478 e. The van der Waals surface area contributed by atoms with Crippen LogP contribution in [0.25, 0.3) is 0 Å². The Labute approximate surface area is 119 Å². The number of hydrogen-bond acceptors (Lipinski definition) is 4. The van der Waals surface area contributed by atoms with E-state index in [9.17, 15) is 17.6 Å². The molecule has 1 aliphatic rings. The summed E-state index contributed by atoms with van der Waals surface area (Å²) in [5.41, 5.74) is -1.65. The first kappa shape index (κ1) is 15.2. The smallest absolute Gasteiger partial charge is 0.340 e. The van der Waals surface area contributed by atoms with Gasteiger partial charge in [-0.2, -0.15) is 0 Å². The summed E-state index contributed by atoms with van der Waals surface area (Å²) in [7, 11) is -4.07. The molecule has 1 aromatic rings. The van der Waals surface area contributed by atoms with E-state index in [1.165, 1.54) is 0 Å². The van der Waals surface area contributed by atoms with Gasteiger partial charge < -0.3 is 9.84 Å². The van der Waals surface area contributed by atoms with Crippen LogP contribution in [0.15, 0.2) is 17.0 Å². The van der Waals surface area contributed by atoms with Crippen molar-refractivity contribution in [3.8, 4) is 0 Å². The minimum atomic E-state index is -4.07. The molecule has 0 atom stereocenters. The molecule has 0 radical (unpaired) electrons. The van der Waals surface area contributed by atoms with Crippen molar-refractivity contribution in [2.45, 2.75) is 17.4 Å². The van der Waals surface area contributed by atoms with Gasteiger partial charge in [-0.15, -0.1) is 0 Å². The summed E-state index contributed by atoms with van der Waals surface area (Å²) in [5.74, 6) is -2.73. The molecule has 6 nitrogen and oxygen atoms in total. The average molecular weight is 324 g/mol. The van der Waals surface area contributed by atoms with Gasteiger partial charge in [0.15, 0.2) is 0 Å². The van der Waals surface area contributed by atoms with Crippen LogP contribution in [0.1, 0.15) is 17.3 Å². The molecule has 0 spiro atoms. The van der Waals surface area contributed by atoms with Gasteiger partial charge in [0.05, 0.1) is 23.8 Å². The number of benzene rings is 1. The third-order valence-corrected chi connectivity index (χ3v) is 4.97. The largest absolute Gasteiger partial charge is 0.478 e. The second kappa shape index (κ2) is 4.96. The molecule has 0 amide bonds. The van der Waals surface area contributed by atoms with Gasteiger partial charge in [0, 0.05) is 0 Å². The van der Waals surface area contributed by atoms with Crippen LogP contribution in [-0.4, -0.2) is 38.2 Å². The zero-order valence-corrected chi connectivity index (χ0v) is 11.9. The van der Waals surface area contributed by atoms with Crippen LogP contribution in [0.4, 0.5) is 4.39 Å². The summed E-state index contributed by atoms with van der Waals surface area (Å²) in [4.78, 5) is 10.4. The van der Waals surface area contributed by atoms with Crippen molar-refractivity contribution in [2.24, 2.45) is 0 Å². The summed E-state index contributed by atoms with van der Waals surface area (Å²) in [5, 5.41) is 8.21. The second-order valence-corrected chi connectivity index (χ2v) is 6.73. The van der Waals surface area contributed by atoms with Crippen molar-refractivity contribution in [1.82, 2.24) is 4.72 Å². The zero-order valence-electron chi connectivity index (χ0n) is 10.3. The fraction of sp³-hybridized carbons (Fsp3) is 0.364. The highest BCUT2D eigenvalue weighted by atomic mass is 35.5. The summed E-state index contributed by atoms with van der Waals surface area (Å²) >= 11 is 5.71. The van der Waals surface area contributed by atoms with Gasteiger partial charge in [0.2, 0.25) is 10.0 Å². The summed E-state index contributed by atoms with van der Waals surface area (Å²) in [6.45, 7) is 2.01. The topological polar surface area (TPSA) is 92.7 Å². The predicted molar refractivity (Wildman–Crippen MR) is 67.9 cm³/mol. The number of carboxylic acid groups (broad SMARTS) is 1. The number of aromatic carboxylic acids is 1. The highest BCUT2D eigenvalue weighted by Gasteiger charge is 2.39. The molecule has 1 aromatic carbocycles. The molecule has 0 aliphatic carbocycles. The maximum Gasteiger partial charge on any atom is 0.340 e. The molecule has 9 heteroatoms. The Kier molecular flexibility index (Phi) is 3.76. The van der Waals surface area contributed by atoms with Crippen LogP contribution in [0, 0.1) is 5.82 Å². The molecule has 1 heterocycles. The van der Waals surface area contributed by atoms with Crippen LogP contribution in [-0.2, 0) is 14.8 Å². The van der Waals surface area contributed by atoms with E-state index in [-0.39, 0.29) is 13.2 Å². The summed E-state index contributed by atoms with van der Waals surface area (Å²) in [6.07, 6.45) is 0. The normalized spacial score (nSPS) is 17.6. The van der Waals surface area contributed by atoms with Gasteiger partial charge >= 0.3 is 5.97 Å². The number of carboxylic acids is 1. The summed E-state index contributed by atoms with van der Waals surface area (Å²) in [6, 6.07) is 1.68. The van der Waals surface area contributed by atoms with Gasteiger partial charge in [-0.25, -0.2) is 22.3 Å². The van der Waals surface area contributed by atoms with E-state index in [1.807, 2.05) is 0 Å². The average Bonchev–Trinajstić information content (AvgIpc) is 2.25. The van der Waals surface area contributed by atoms with Crippen molar-refractivity contribution in [2.75, 3.05) is 13.2 Å². The van der Waals surface area contributed by atoms with Crippen LogP contribution in [0.2, 0.25) is 5.02 Å². The van der Waals surface area contributed by atoms with Gasteiger partial charge in [-0.05, 0) is 19.1 Å². The van der Waals surface area contributed by atoms with Gasteiger partial charge in [-0.3, -0.25) is 0 Å². The molecule has 0 bridgehead atoms. The minimum absolute atomic E-state index is 0.191. The van der Waals surface area contributed by atoms with E-state index in [0.717, 1.165) is 12.1 Å². The number of carbonyl (C=O) groups is 1. The third-order valence-electron chi connectivity index (χ3n) is 2.78. The molecular formula is C11H11ClFNO5S. The lowest BCUT2D eigenvalue weighted by Crippen LogP contribution is -2.59. The molecule has 1 aliphatic heterocycles. The lowest BCUT2D eigenvalue weighted by atomic mass is 10.0. The van der Waals surface area contributed by atoms with E-state index < -0.39 is 42.8 Å². The molecule has 0 saturated carbocycles. The van der Waals surface area contributed by atoms with E-state index in [2.05, 4.69) is 4.72 Å². The molecule has 20 heavy (non-hydrogen) atoms. The van der Waals surface area contributed by atoms with Crippen molar-refractivity contribution in [3.05, 3.63) is 28.5 Å². The first-order valence-electron chi connectivity index (χ1n) is 5.49. The Hall–Kier alpha value is -1.22. The molecule has 2 N–H and O–H groups in total. The highest BCUT2D eigenvalue weighted by Crippen LogP contribution is 2.29. The van der Waals surface area contributed by atoms with Crippen molar-refractivity contribution >= 4 is 27.6 Å². The Morgan fingerprint density at radius 2 is 2.10 bits per heavy atom. The van der Waals surface area contributed by atoms with Crippen LogP contribution in [0.5, 0.6) is 0 Å². The number of sulfonamides is 1. The predicted octanol–water partition coefficient (Wildman–Crippen LogP) is 1.24. The molecule has 110 valence electrons. The first-order chi connectivity index (χ1) is 9.16. The van der Waals surface area contributed by atoms with Crippen LogP contribution >= 0.6 is 11.6 Å². The quantitative estimate of drug-likeness (QED) is 0.869. The molecule has 0 aromatic heterocycles. The molecule has 2 rings (SSSR count). The number of rotatable bonds is 4. The van der Waals surface area contributed by atoms with Crippen molar-refractivity contribution < 1.29 is 27.4 Å². The summed E-state index contributed by atoms with van der Waals surface area (Å²) < 4.78 is 45.0. The number of ether oxygens (including phenoxy) is 1. The fourth-order valence-electron chi connectivity index (χ4n) is 1.78. The standard InChI is InChI=1S/C11H11ClFNO5S/c1-11(4-19-5-11)14-20(17,18)7-3-2-6(13)8(9(7)12)10(15)16/h2-3,14H,4-5H2,1H3,(H,15,16). The van der Waals surface area contributed by atoms with E-state index in [0.29, 0.717) is 0 Å². The highest BCUT2D eigenvalue weighted by molar-refractivity contribution is 7.89. The van der Waals surface area contributed by atoms with Crippen LogP contribution < -0.4 is 4.72 Å². The Balaban J connectivity index is 2.47. The lowest BCUT2D eigenvalue weighted by Gasteiger charge is -2.38. The first-order valence-corrected chi connectivity index (χ1v) is 7.35. The number of nitrogens with one attached hydrogen (secondary N) is 1. The second-order valence-electron chi connectivity index (χ2n) is 4.70. The Bertz CT molecular complexity index is 672. The fourth-order valence-corrected chi connectivity index (χ4v) is 3.78. The van der Waals surface area contributed by atoms with Gasteiger partial charge in [0.1, 0.15) is 16.3 Å². The lowest BCUT2D eigenvalue weighted by molar-refractivity contribution is -0.0523. The monoisotopic (exact) mass is 323 g/mol. The van der Waals surface area contributed by atoms with Gasteiger partial charge in [0.25, 0.3) is 0 Å². The SMILES string of the molecule is CC1(NS(=O)(=O)c2ccc(F)c(C(=O)O)c2Cl)COC1. The Morgan fingerprint density at radius 3 is 2.55 bits per heavy atom. The maximum absolute atomic E-state index is 13.4. The molecular weight excluding hydrogens is 313 g/mol. The zero-order chi connectivity index (χ0) is 15.1. The maximum atomic E-state index is 13.4. The van der Waals surface area contributed by atoms with Gasteiger partial charge in [-0.1, -0.05) is 11.6 Å². The molecule has 0 unspecified atom stereocenters. The van der Waals surface area contributed by atoms with Crippen molar-refractivity contribution in [1.29, 1.82) is 0 Å². The molecule has 1 fully saturated rings. The Morgan fingerprint density at radius 1 is 1.50 bits per heavy atom. The third kappa shape index (κ3) is 2.64.